The predicted octanol–water partition coefficient (Wildman–Crippen LogP) is 2.89. The van der Waals surface area contributed by atoms with Crippen molar-refractivity contribution in [3.8, 4) is 11.5 Å². The first kappa shape index (κ1) is 28.1. The topological polar surface area (TPSA) is 120 Å². The Balaban J connectivity index is 1.27. The highest BCUT2D eigenvalue weighted by Crippen LogP contribution is 2.28. The SMILES string of the molecule is COc1cc(/C=N\NC(=O)c2ccc(CSc3nncn3C)cc2)ccc1OCC(=O)N1C[C@@H](C)O[C@H](C)C1. The molecule has 0 radical (unpaired) electrons. The average Bonchev–Trinajstić information content (AvgIpc) is 3.34. The molecular formula is C27H32N6O5S. The molecule has 39 heavy (non-hydrogen) atoms. The number of methoxy groups -OCH3 is 1. The van der Waals surface area contributed by atoms with Crippen LogP contribution in [-0.4, -0.2) is 76.7 Å². The van der Waals surface area contributed by atoms with Crippen LogP contribution in [0, 0.1) is 0 Å². The van der Waals surface area contributed by atoms with Crippen molar-refractivity contribution in [3.63, 3.8) is 0 Å². The molecular weight excluding hydrogens is 520 g/mol. The number of aromatic nitrogens is 3. The van der Waals surface area contributed by atoms with Crippen LogP contribution in [0.1, 0.15) is 35.3 Å². The van der Waals surface area contributed by atoms with Crippen LogP contribution in [0.25, 0.3) is 0 Å². The third-order valence-electron chi connectivity index (χ3n) is 5.94. The zero-order valence-corrected chi connectivity index (χ0v) is 23.2. The number of nitrogens with zero attached hydrogens (tertiary/aromatic N) is 5. The second kappa shape index (κ2) is 13.3. The Bertz CT molecular complexity index is 1300. The van der Waals surface area contributed by atoms with E-state index in [0.29, 0.717) is 41.5 Å². The van der Waals surface area contributed by atoms with Gasteiger partial charge in [0.25, 0.3) is 11.8 Å². The fraction of sp³-hybridized carbons (Fsp3) is 0.370. The third-order valence-corrected chi connectivity index (χ3v) is 7.05. The summed E-state index contributed by atoms with van der Waals surface area (Å²) in [5.41, 5.74) is 4.79. The summed E-state index contributed by atoms with van der Waals surface area (Å²) in [6, 6.07) is 12.5. The minimum absolute atomic E-state index is 0.00898. The number of benzene rings is 2. The van der Waals surface area contributed by atoms with Gasteiger partial charge in [0.1, 0.15) is 6.33 Å². The van der Waals surface area contributed by atoms with E-state index in [9.17, 15) is 9.59 Å². The maximum atomic E-state index is 12.6. The fourth-order valence-electron chi connectivity index (χ4n) is 4.03. The van der Waals surface area contributed by atoms with Gasteiger partial charge >= 0.3 is 0 Å². The number of thioether (sulfide) groups is 1. The molecule has 0 unspecified atom stereocenters. The first-order valence-electron chi connectivity index (χ1n) is 12.5. The number of nitrogens with one attached hydrogen (secondary N) is 1. The Kier molecular flexibility index (Phi) is 9.55. The zero-order valence-electron chi connectivity index (χ0n) is 22.4. The van der Waals surface area contributed by atoms with Crippen molar-refractivity contribution < 1.29 is 23.8 Å². The first-order valence-corrected chi connectivity index (χ1v) is 13.4. The summed E-state index contributed by atoms with van der Waals surface area (Å²) in [6.07, 6.45) is 3.15. The second-order valence-electron chi connectivity index (χ2n) is 9.16. The van der Waals surface area contributed by atoms with Crippen molar-refractivity contribution in [2.75, 3.05) is 26.8 Å². The van der Waals surface area contributed by atoms with E-state index in [1.165, 1.54) is 13.3 Å². The van der Waals surface area contributed by atoms with E-state index < -0.39 is 0 Å². The lowest BCUT2D eigenvalue weighted by Crippen LogP contribution is -2.49. The minimum Gasteiger partial charge on any atom is -0.493 e. The predicted molar refractivity (Wildman–Crippen MR) is 147 cm³/mol. The number of amides is 2. The molecule has 2 atom stereocenters. The van der Waals surface area contributed by atoms with Gasteiger partial charge < -0.3 is 23.7 Å². The lowest BCUT2D eigenvalue weighted by molar-refractivity contribution is -0.145. The molecule has 1 N–H and O–H groups in total. The minimum atomic E-state index is -0.323. The van der Waals surface area contributed by atoms with Gasteiger partial charge in [-0.15, -0.1) is 10.2 Å². The molecule has 3 aromatic rings. The first-order chi connectivity index (χ1) is 18.8. The van der Waals surface area contributed by atoms with Crippen molar-refractivity contribution in [2.24, 2.45) is 12.1 Å². The molecule has 11 nitrogen and oxygen atoms in total. The van der Waals surface area contributed by atoms with Gasteiger partial charge in [-0.25, -0.2) is 5.43 Å². The van der Waals surface area contributed by atoms with Crippen molar-refractivity contribution >= 4 is 29.8 Å². The number of ether oxygens (including phenoxy) is 3. The molecule has 0 spiro atoms. The second-order valence-corrected chi connectivity index (χ2v) is 10.1. The Labute approximate surface area is 231 Å². The molecule has 2 aromatic carbocycles. The van der Waals surface area contributed by atoms with Crippen LogP contribution in [-0.2, 0) is 22.3 Å². The summed E-state index contributed by atoms with van der Waals surface area (Å²) >= 11 is 1.57. The highest BCUT2D eigenvalue weighted by molar-refractivity contribution is 7.98. The number of hydrazone groups is 1. The van der Waals surface area contributed by atoms with Crippen LogP contribution in [0.2, 0.25) is 0 Å². The van der Waals surface area contributed by atoms with E-state index in [0.717, 1.165) is 10.7 Å². The average molecular weight is 553 g/mol. The molecule has 206 valence electrons. The smallest absolute Gasteiger partial charge is 0.271 e. The molecule has 4 rings (SSSR count). The van der Waals surface area contributed by atoms with Crippen molar-refractivity contribution in [2.45, 2.75) is 37.0 Å². The van der Waals surface area contributed by atoms with Crippen molar-refractivity contribution in [3.05, 3.63) is 65.5 Å². The number of rotatable bonds is 10. The van der Waals surface area contributed by atoms with Crippen LogP contribution in [0.4, 0.5) is 0 Å². The van der Waals surface area contributed by atoms with Gasteiger partial charge in [-0.05, 0) is 55.3 Å². The van der Waals surface area contributed by atoms with Gasteiger partial charge in [-0.2, -0.15) is 5.10 Å². The molecule has 1 aliphatic rings. The number of carbonyl (C=O) groups is 2. The lowest BCUT2D eigenvalue weighted by atomic mass is 10.1. The number of morpholine rings is 1. The molecule has 1 aliphatic heterocycles. The number of aryl methyl sites for hydroxylation is 1. The van der Waals surface area contributed by atoms with Crippen LogP contribution in [0.5, 0.6) is 11.5 Å². The van der Waals surface area contributed by atoms with Crippen molar-refractivity contribution in [1.82, 2.24) is 25.1 Å². The lowest BCUT2D eigenvalue weighted by Gasteiger charge is -2.35. The van der Waals surface area contributed by atoms with E-state index in [1.54, 1.807) is 53.3 Å². The summed E-state index contributed by atoms with van der Waals surface area (Å²) in [6.45, 7) is 4.87. The van der Waals surface area contributed by atoms with E-state index in [1.807, 2.05) is 37.6 Å². The molecule has 1 fully saturated rings. The van der Waals surface area contributed by atoms with Gasteiger partial charge in [0, 0.05) is 31.5 Å². The molecule has 1 aromatic heterocycles. The largest absolute Gasteiger partial charge is 0.493 e. The molecule has 2 amide bonds. The Morgan fingerprint density at radius 2 is 1.90 bits per heavy atom. The number of hydrogen-bond acceptors (Lipinski definition) is 9. The van der Waals surface area contributed by atoms with Gasteiger partial charge in [-0.1, -0.05) is 23.9 Å². The molecule has 0 bridgehead atoms. The fourth-order valence-corrected chi connectivity index (χ4v) is 4.87. The molecule has 0 saturated carbocycles. The Morgan fingerprint density at radius 3 is 2.56 bits per heavy atom. The van der Waals surface area contributed by atoms with E-state index in [2.05, 4.69) is 20.7 Å². The van der Waals surface area contributed by atoms with Gasteiger partial charge in [-0.3, -0.25) is 9.59 Å². The van der Waals surface area contributed by atoms with E-state index in [-0.39, 0.29) is 30.6 Å². The number of hydrogen-bond donors (Lipinski definition) is 1. The monoisotopic (exact) mass is 552 g/mol. The third kappa shape index (κ3) is 7.80. The van der Waals surface area contributed by atoms with Crippen LogP contribution in [0.15, 0.2) is 59.0 Å². The van der Waals surface area contributed by atoms with Gasteiger partial charge in [0.15, 0.2) is 23.3 Å². The standard InChI is InChI=1S/C27H32N6O5S/c1-18-13-33(14-19(2)38-18)25(34)15-37-23-10-7-21(11-24(23)36-4)12-28-30-26(35)22-8-5-20(6-9-22)16-39-27-31-29-17-32(27)3/h5-12,17-19H,13-16H2,1-4H3,(H,30,35)/b28-12-/t18-,19-/m1/s1. The Hall–Kier alpha value is -3.90. The molecule has 2 heterocycles. The normalized spacial score (nSPS) is 17.3. The summed E-state index contributed by atoms with van der Waals surface area (Å²) in [5.74, 6) is 1.18. The summed E-state index contributed by atoms with van der Waals surface area (Å²) in [4.78, 5) is 26.8. The van der Waals surface area contributed by atoms with Crippen LogP contribution < -0.4 is 14.9 Å². The number of carbonyl (C=O) groups excluding carboxylic acids is 2. The maximum Gasteiger partial charge on any atom is 0.271 e. The quantitative estimate of drug-likeness (QED) is 0.232. The van der Waals surface area contributed by atoms with Crippen LogP contribution >= 0.6 is 11.8 Å². The highest BCUT2D eigenvalue weighted by atomic mass is 32.2. The summed E-state index contributed by atoms with van der Waals surface area (Å²) in [7, 11) is 3.42. The van der Waals surface area contributed by atoms with Crippen LogP contribution in [0.3, 0.4) is 0 Å². The highest BCUT2D eigenvalue weighted by Gasteiger charge is 2.26. The van der Waals surface area contributed by atoms with E-state index >= 15 is 0 Å². The molecule has 0 aliphatic carbocycles. The Morgan fingerprint density at radius 1 is 1.15 bits per heavy atom. The summed E-state index contributed by atoms with van der Waals surface area (Å²) < 4.78 is 18.7. The van der Waals surface area contributed by atoms with Gasteiger partial charge in [0.05, 0.1) is 25.5 Å². The van der Waals surface area contributed by atoms with Gasteiger partial charge in [0.2, 0.25) is 0 Å². The summed E-state index contributed by atoms with van der Waals surface area (Å²) in [5, 5.41) is 12.8. The zero-order chi connectivity index (χ0) is 27.8. The molecule has 12 heteroatoms. The van der Waals surface area contributed by atoms with E-state index in [4.69, 9.17) is 14.2 Å². The maximum absolute atomic E-state index is 12.6. The molecule has 1 saturated heterocycles. The van der Waals surface area contributed by atoms with Crippen molar-refractivity contribution in [1.29, 1.82) is 0 Å².